The monoisotopic (exact) mass is 543 g/mol. The smallest absolute Gasteiger partial charge is 0.225 e. The molecule has 3 heterocycles. The first kappa shape index (κ1) is 28.7. The fourth-order valence-corrected chi connectivity index (χ4v) is 6.73. The summed E-state index contributed by atoms with van der Waals surface area (Å²) in [6, 6.07) is 6.75. The molecule has 8 nitrogen and oxygen atoms in total. The second kappa shape index (κ2) is 12.8. The highest BCUT2D eigenvalue weighted by molar-refractivity contribution is 5.81. The van der Waals surface area contributed by atoms with Crippen LogP contribution in [0.15, 0.2) is 18.2 Å². The van der Waals surface area contributed by atoms with Crippen LogP contribution in [0.4, 0.5) is 5.69 Å². The number of rotatable bonds is 12. The lowest BCUT2D eigenvalue weighted by molar-refractivity contribution is -0.130. The molecule has 8 heteroatoms. The Balaban J connectivity index is 1.03. The van der Waals surface area contributed by atoms with Crippen molar-refractivity contribution < 1.29 is 23.7 Å². The van der Waals surface area contributed by atoms with Gasteiger partial charge in [-0.3, -0.25) is 4.79 Å². The zero-order valence-electron chi connectivity index (χ0n) is 24.3. The molecular formula is C31H49N3O5. The van der Waals surface area contributed by atoms with Crippen LogP contribution in [-0.2, 0) is 25.6 Å². The number of nitrogens with one attached hydrogen (secondary N) is 2. The molecule has 2 saturated heterocycles. The van der Waals surface area contributed by atoms with E-state index in [2.05, 4.69) is 47.6 Å². The summed E-state index contributed by atoms with van der Waals surface area (Å²) in [5.41, 5.74) is 2.40. The van der Waals surface area contributed by atoms with Crippen molar-refractivity contribution in [3.05, 3.63) is 23.8 Å². The van der Waals surface area contributed by atoms with Crippen LogP contribution in [-0.4, -0.2) is 77.8 Å². The van der Waals surface area contributed by atoms with Crippen molar-refractivity contribution in [2.45, 2.75) is 77.5 Å². The summed E-state index contributed by atoms with van der Waals surface area (Å²) >= 11 is 0. The third-order valence-electron chi connectivity index (χ3n) is 9.44. The first-order valence-corrected chi connectivity index (χ1v) is 15.1. The Morgan fingerprint density at radius 1 is 1.23 bits per heavy atom. The van der Waals surface area contributed by atoms with Crippen LogP contribution in [0.3, 0.4) is 0 Å². The van der Waals surface area contributed by atoms with Crippen LogP contribution in [0.5, 0.6) is 5.75 Å². The summed E-state index contributed by atoms with van der Waals surface area (Å²) in [4.78, 5) is 15.4. The summed E-state index contributed by atoms with van der Waals surface area (Å²) < 4.78 is 23.0. The van der Waals surface area contributed by atoms with Gasteiger partial charge in [-0.25, -0.2) is 0 Å². The molecule has 5 rings (SSSR count). The van der Waals surface area contributed by atoms with Gasteiger partial charge in [0, 0.05) is 58.0 Å². The van der Waals surface area contributed by atoms with Crippen molar-refractivity contribution in [2.75, 3.05) is 64.6 Å². The van der Waals surface area contributed by atoms with Gasteiger partial charge in [0.15, 0.2) is 0 Å². The molecule has 1 aromatic carbocycles. The zero-order chi connectivity index (χ0) is 27.3. The Labute approximate surface area is 234 Å². The lowest BCUT2D eigenvalue weighted by Gasteiger charge is -2.35. The number of hydrogen-bond acceptors (Lipinski definition) is 7. The predicted molar refractivity (Wildman–Crippen MR) is 152 cm³/mol. The van der Waals surface area contributed by atoms with E-state index in [1.54, 1.807) is 7.11 Å². The van der Waals surface area contributed by atoms with E-state index in [0.29, 0.717) is 24.0 Å². The van der Waals surface area contributed by atoms with Gasteiger partial charge in [0.25, 0.3) is 0 Å². The van der Waals surface area contributed by atoms with Gasteiger partial charge in [-0.05, 0) is 74.0 Å². The van der Waals surface area contributed by atoms with Crippen LogP contribution in [0, 0.1) is 16.7 Å². The molecule has 2 N–H and O–H groups in total. The number of carbonyl (C=O) groups excluding carboxylic acids is 1. The average Bonchev–Trinajstić information content (AvgIpc) is 3.62. The molecule has 0 radical (unpaired) electrons. The van der Waals surface area contributed by atoms with E-state index < -0.39 is 0 Å². The lowest BCUT2D eigenvalue weighted by atomic mass is 9.82. The highest BCUT2D eigenvalue weighted by Gasteiger charge is 2.54. The molecule has 0 bridgehead atoms. The second-order valence-electron chi connectivity index (χ2n) is 12.8. The molecule has 1 aliphatic carbocycles. The summed E-state index contributed by atoms with van der Waals surface area (Å²) in [6.45, 7) is 11.5. The molecule has 0 aromatic heterocycles. The van der Waals surface area contributed by atoms with Gasteiger partial charge in [-0.2, -0.15) is 0 Å². The van der Waals surface area contributed by atoms with E-state index in [0.717, 1.165) is 103 Å². The highest BCUT2D eigenvalue weighted by atomic mass is 16.5. The number of piperidine rings is 1. The molecular weight excluding hydrogens is 494 g/mol. The quantitative estimate of drug-likeness (QED) is 0.387. The van der Waals surface area contributed by atoms with Crippen LogP contribution >= 0.6 is 0 Å². The number of hydrogen-bond donors (Lipinski definition) is 2. The molecule has 218 valence electrons. The fraction of sp³-hybridized carbons (Fsp3) is 0.774. The number of carbonyl (C=O) groups is 1. The predicted octanol–water partition coefficient (Wildman–Crippen LogP) is 3.91. The van der Waals surface area contributed by atoms with Crippen LogP contribution in [0.25, 0.3) is 0 Å². The molecule has 0 unspecified atom stereocenters. The van der Waals surface area contributed by atoms with Crippen molar-refractivity contribution >= 4 is 11.6 Å². The Kier molecular flexibility index (Phi) is 9.37. The summed E-state index contributed by atoms with van der Waals surface area (Å²) in [5, 5.41) is 6.95. The van der Waals surface area contributed by atoms with Crippen molar-refractivity contribution in [1.82, 2.24) is 10.6 Å². The van der Waals surface area contributed by atoms with Gasteiger partial charge in [0.1, 0.15) is 12.4 Å². The minimum absolute atomic E-state index is 0.185. The number of amides is 1. The highest BCUT2D eigenvalue weighted by Crippen LogP contribution is 2.58. The topological polar surface area (TPSA) is 81.3 Å². The molecule has 4 aliphatic rings. The van der Waals surface area contributed by atoms with E-state index in [-0.39, 0.29) is 17.4 Å². The molecule has 1 amide bonds. The Bertz CT molecular complexity index is 956. The standard InChI is InChI=1S/C31H49N3O5/c1-30(2,29(35)33-20-24-18-31(24)9-14-37-15-10-31)19-25-6-7-26(21-32-25)39-22-23-5-8-28-27(17-23)34(12-16-38-28)11-4-13-36-3/h5,8,17,24-26,32H,4,6-7,9-16,18-22H2,1-3H3,(H,33,35)/t24-,25+,26-/m1/s1. The van der Waals surface area contributed by atoms with Crippen molar-refractivity contribution in [3.63, 3.8) is 0 Å². The van der Waals surface area contributed by atoms with Gasteiger partial charge < -0.3 is 34.5 Å². The van der Waals surface area contributed by atoms with Crippen LogP contribution < -0.4 is 20.3 Å². The van der Waals surface area contributed by atoms with E-state index in [9.17, 15) is 4.79 Å². The Hall–Kier alpha value is -1.87. The van der Waals surface area contributed by atoms with Crippen molar-refractivity contribution in [2.24, 2.45) is 16.7 Å². The molecule has 3 atom stereocenters. The number of benzene rings is 1. The van der Waals surface area contributed by atoms with Crippen molar-refractivity contribution in [3.8, 4) is 5.75 Å². The first-order chi connectivity index (χ1) is 18.9. The first-order valence-electron chi connectivity index (χ1n) is 15.1. The number of methoxy groups -OCH3 is 1. The van der Waals surface area contributed by atoms with Gasteiger partial charge >= 0.3 is 0 Å². The molecule has 1 saturated carbocycles. The third-order valence-corrected chi connectivity index (χ3v) is 9.44. The molecule has 3 fully saturated rings. The summed E-state index contributed by atoms with van der Waals surface area (Å²) in [5.74, 6) is 1.77. The van der Waals surface area contributed by atoms with Gasteiger partial charge in [0.05, 0.1) is 24.9 Å². The average molecular weight is 544 g/mol. The molecule has 39 heavy (non-hydrogen) atoms. The van der Waals surface area contributed by atoms with E-state index >= 15 is 0 Å². The zero-order valence-corrected chi connectivity index (χ0v) is 24.3. The molecule has 1 aromatic rings. The third kappa shape index (κ3) is 7.26. The number of ether oxygens (including phenoxy) is 4. The molecule has 3 aliphatic heterocycles. The minimum Gasteiger partial charge on any atom is -0.490 e. The van der Waals surface area contributed by atoms with E-state index in [4.69, 9.17) is 18.9 Å². The van der Waals surface area contributed by atoms with Gasteiger partial charge in [0.2, 0.25) is 5.91 Å². The van der Waals surface area contributed by atoms with E-state index in [1.165, 1.54) is 12.0 Å². The maximum atomic E-state index is 13.1. The minimum atomic E-state index is -0.385. The number of fused-ring (bicyclic) bond motifs is 1. The second-order valence-corrected chi connectivity index (χ2v) is 12.8. The van der Waals surface area contributed by atoms with Crippen LogP contribution in [0.2, 0.25) is 0 Å². The summed E-state index contributed by atoms with van der Waals surface area (Å²) in [6.07, 6.45) is 7.63. The van der Waals surface area contributed by atoms with Gasteiger partial charge in [-0.15, -0.1) is 0 Å². The number of anilines is 1. The van der Waals surface area contributed by atoms with E-state index in [1.807, 2.05) is 0 Å². The largest absolute Gasteiger partial charge is 0.490 e. The summed E-state index contributed by atoms with van der Waals surface area (Å²) in [7, 11) is 1.75. The van der Waals surface area contributed by atoms with Crippen LogP contribution in [0.1, 0.15) is 64.4 Å². The van der Waals surface area contributed by atoms with Crippen molar-refractivity contribution in [1.29, 1.82) is 0 Å². The number of nitrogens with zero attached hydrogens (tertiary/aromatic N) is 1. The SMILES string of the molecule is COCCCN1CCOc2ccc(CO[C@@H]3CC[C@@H](CC(C)(C)C(=O)NC[C@H]4CC45CCOCC5)NC3)cc21. The van der Waals surface area contributed by atoms with Gasteiger partial charge in [-0.1, -0.05) is 19.9 Å². The maximum Gasteiger partial charge on any atom is 0.225 e. The Morgan fingerprint density at radius 2 is 2.08 bits per heavy atom. The normalized spacial score (nSPS) is 26.1. The fourth-order valence-electron chi connectivity index (χ4n) is 6.73. The Morgan fingerprint density at radius 3 is 2.85 bits per heavy atom. The lowest BCUT2D eigenvalue weighted by Crippen LogP contribution is -2.47. The maximum absolute atomic E-state index is 13.1. The molecule has 1 spiro atoms.